The van der Waals surface area contributed by atoms with Crippen LogP contribution in [0.4, 0.5) is 5.69 Å². The van der Waals surface area contributed by atoms with E-state index in [4.69, 9.17) is 10.6 Å². The number of hydrogen-bond donors (Lipinski definition) is 3. The van der Waals surface area contributed by atoms with Crippen molar-refractivity contribution in [2.24, 2.45) is 11.7 Å². The lowest BCUT2D eigenvalue weighted by Crippen LogP contribution is -2.26. The Bertz CT molecular complexity index is 1040. The van der Waals surface area contributed by atoms with Gasteiger partial charge in [0.2, 0.25) is 0 Å². The Hall–Kier alpha value is -3.42. The third-order valence-electron chi connectivity index (χ3n) is 5.41. The van der Waals surface area contributed by atoms with E-state index < -0.39 is 0 Å². The summed E-state index contributed by atoms with van der Waals surface area (Å²) in [6.45, 7) is 7.83. The Morgan fingerprint density at radius 2 is 1.84 bits per heavy atom. The maximum absolute atomic E-state index is 6.12. The zero-order valence-electron chi connectivity index (χ0n) is 19.0. The highest BCUT2D eigenvalue weighted by molar-refractivity contribution is 5.59. The highest BCUT2D eigenvalue weighted by Crippen LogP contribution is 2.39. The number of nitrogens with one attached hydrogen (secondary N) is 1. The summed E-state index contributed by atoms with van der Waals surface area (Å²) in [5.74, 6) is 12.9. The van der Waals surface area contributed by atoms with E-state index >= 15 is 0 Å². The molecule has 1 heterocycles. The molecule has 3 aromatic rings. The average Bonchev–Trinajstić information content (AvgIpc) is 3.64. The second-order valence-corrected chi connectivity index (χ2v) is 7.94. The first-order valence-corrected chi connectivity index (χ1v) is 10.6. The van der Waals surface area contributed by atoms with Crippen LogP contribution in [0.3, 0.4) is 0 Å². The first-order chi connectivity index (χ1) is 15.4. The number of benzene rings is 2. The predicted octanol–water partition coefficient (Wildman–Crippen LogP) is 4.12. The van der Waals surface area contributed by atoms with Gasteiger partial charge in [-0.15, -0.1) is 0 Å². The number of rotatable bonds is 7. The molecule has 2 aromatic carbocycles. The zero-order valence-corrected chi connectivity index (χ0v) is 19.0. The summed E-state index contributed by atoms with van der Waals surface area (Å²) >= 11 is 0. The van der Waals surface area contributed by atoms with E-state index in [1.807, 2.05) is 50.6 Å². The molecule has 168 valence electrons. The number of nitrogens with two attached hydrogens (primary N) is 2. The van der Waals surface area contributed by atoms with E-state index in [2.05, 4.69) is 46.9 Å². The second kappa shape index (κ2) is 10.7. The Kier molecular flexibility index (Phi) is 7.81. The highest BCUT2D eigenvalue weighted by Gasteiger charge is 2.24. The van der Waals surface area contributed by atoms with Crippen LogP contribution < -0.4 is 26.9 Å². The van der Waals surface area contributed by atoms with Gasteiger partial charge in [0, 0.05) is 36.8 Å². The molecule has 0 saturated heterocycles. The average molecular weight is 433 g/mol. The van der Waals surface area contributed by atoms with Crippen LogP contribution >= 0.6 is 0 Å². The first kappa shape index (κ1) is 23.2. The molecule has 1 saturated carbocycles. The smallest absolute Gasteiger partial charge is 0.159 e. The van der Waals surface area contributed by atoms with Gasteiger partial charge in [-0.3, -0.25) is 5.84 Å². The Labute approximate surface area is 190 Å². The Morgan fingerprint density at radius 1 is 1.16 bits per heavy atom. The van der Waals surface area contributed by atoms with Gasteiger partial charge in [0.25, 0.3) is 0 Å². The minimum absolute atomic E-state index is 0.469. The molecule has 1 aromatic heterocycles. The molecule has 0 bridgehead atoms. The Balaban J connectivity index is 0.000000668. The minimum atomic E-state index is 0.469. The summed E-state index contributed by atoms with van der Waals surface area (Å²) in [6, 6.07) is 12.2. The number of aryl methyl sites for hydroxylation is 2. The van der Waals surface area contributed by atoms with Gasteiger partial charge in [-0.2, -0.15) is 0 Å². The van der Waals surface area contributed by atoms with Crippen molar-refractivity contribution in [3.05, 3.63) is 83.8 Å². The van der Waals surface area contributed by atoms with Crippen LogP contribution in [0.5, 0.6) is 5.75 Å². The summed E-state index contributed by atoms with van der Waals surface area (Å²) in [5.41, 5.74) is 8.73. The number of hydrogen-bond acceptors (Lipinski definition) is 7. The summed E-state index contributed by atoms with van der Waals surface area (Å²) in [4.78, 5) is 9.09. The summed E-state index contributed by atoms with van der Waals surface area (Å²) in [6.07, 6.45) is 7.85. The quantitative estimate of drug-likeness (QED) is 0.381. The molecule has 0 radical (unpaired) electrons. The minimum Gasteiger partial charge on any atom is -0.489 e. The fourth-order valence-electron chi connectivity index (χ4n) is 3.42. The lowest BCUT2D eigenvalue weighted by molar-refractivity contribution is 0.303. The molecule has 0 atom stereocenters. The third-order valence-corrected chi connectivity index (χ3v) is 5.41. The highest BCUT2D eigenvalue weighted by atomic mass is 16.5. The normalized spacial score (nSPS) is 12.4. The molecule has 32 heavy (non-hydrogen) atoms. The van der Waals surface area contributed by atoms with Crippen LogP contribution in [0, 0.1) is 13.8 Å². The van der Waals surface area contributed by atoms with Gasteiger partial charge in [-0.25, -0.2) is 15.8 Å². The van der Waals surface area contributed by atoms with Gasteiger partial charge < -0.3 is 15.2 Å². The van der Waals surface area contributed by atoms with Crippen molar-refractivity contribution in [3.63, 3.8) is 0 Å². The molecular weight excluding hydrogens is 400 g/mol. The van der Waals surface area contributed by atoms with Gasteiger partial charge in [0.05, 0.1) is 5.69 Å². The van der Waals surface area contributed by atoms with Gasteiger partial charge >= 0.3 is 0 Å². The van der Waals surface area contributed by atoms with Crippen molar-refractivity contribution in [1.82, 2.24) is 15.4 Å². The standard InChI is InChI=1S/C23H26N4O.C2H6N2/c1-15-5-4-6-21(27(3)24)20(15)14-28-22-10-9-18(11-16(22)2)23-25-12-19(13-26-23)17-7-8-17;1-2-4-3/h4-6,9-13,17H,7-8,14,24H2,1-3H3;2,4H,1,3H2. The van der Waals surface area contributed by atoms with Gasteiger partial charge in [-0.1, -0.05) is 18.7 Å². The van der Waals surface area contributed by atoms with Gasteiger partial charge in [0.1, 0.15) is 12.4 Å². The Morgan fingerprint density at radius 3 is 2.41 bits per heavy atom. The third kappa shape index (κ3) is 5.84. The van der Waals surface area contributed by atoms with Crippen LogP contribution in [-0.2, 0) is 6.61 Å². The second-order valence-electron chi connectivity index (χ2n) is 7.94. The number of ether oxygens (including phenoxy) is 1. The van der Waals surface area contributed by atoms with Crippen LogP contribution in [0.2, 0.25) is 0 Å². The van der Waals surface area contributed by atoms with Crippen molar-refractivity contribution < 1.29 is 4.74 Å². The summed E-state index contributed by atoms with van der Waals surface area (Å²) in [5, 5.41) is 1.63. The molecule has 7 nitrogen and oxygen atoms in total. The summed E-state index contributed by atoms with van der Waals surface area (Å²) < 4.78 is 6.12. The lowest BCUT2D eigenvalue weighted by atomic mass is 10.1. The molecule has 0 amide bonds. The fourth-order valence-corrected chi connectivity index (χ4v) is 3.42. The lowest BCUT2D eigenvalue weighted by Gasteiger charge is -2.19. The van der Waals surface area contributed by atoms with Crippen molar-refractivity contribution in [1.29, 1.82) is 0 Å². The molecule has 5 N–H and O–H groups in total. The van der Waals surface area contributed by atoms with Crippen LogP contribution in [0.25, 0.3) is 11.4 Å². The van der Waals surface area contributed by atoms with E-state index in [9.17, 15) is 0 Å². The van der Waals surface area contributed by atoms with Gasteiger partial charge in [-0.05, 0) is 73.6 Å². The number of anilines is 1. The molecule has 1 aliphatic carbocycles. The van der Waals surface area contributed by atoms with Crippen LogP contribution in [0.15, 0.2) is 61.6 Å². The largest absolute Gasteiger partial charge is 0.489 e. The number of nitrogens with zero attached hydrogens (tertiary/aromatic N) is 3. The maximum Gasteiger partial charge on any atom is 0.159 e. The summed E-state index contributed by atoms with van der Waals surface area (Å²) in [7, 11) is 1.84. The monoisotopic (exact) mass is 432 g/mol. The van der Waals surface area contributed by atoms with Crippen LogP contribution in [0.1, 0.15) is 41.0 Å². The van der Waals surface area contributed by atoms with E-state index in [0.717, 1.165) is 39.5 Å². The van der Waals surface area contributed by atoms with Crippen molar-refractivity contribution in [3.8, 4) is 17.1 Å². The number of hydrazine groups is 2. The molecule has 1 aliphatic rings. The zero-order chi connectivity index (χ0) is 23.1. The van der Waals surface area contributed by atoms with Crippen molar-refractivity contribution >= 4 is 5.69 Å². The van der Waals surface area contributed by atoms with E-state index in [0.29, 0.717) is 12.5 Å². The molecular formula is C25H32N6O. The molecule has 7 heteroatoms. The number of aromatic nitrogens is 2. The van der Waals surface area contributed by atoms with Gasteiger partial charge in [0.15, 0.2) is 5.82 Å². The maximum atomic E-state index is 6.12. The first-order valence-electron chi connectivity index (χ1n) is 10.6. The topological polar surface area (TPSA) is 102 Å². The van der Waals surface area contributed by atoms with E-state index in [-0.39, 0.29) is 0 Å². The molecule has 1 fully saturated rings. The van der Waals surface area contributed by atoms with Crippen molar-refractivity contribution in [2.45, 2.75) is 39.2 Å². The fraction of sp³-hybridized carbons (Fsp3) is 0.280. The SMILES string of the molecule is C=CNN.Cc1cc(-c2ncc(C3CC3)cn2)ccc1OCc1c(C)cccc1N(C)N. The van der Waals surface area contributed by atoms with Crippen LogP contribution in [-0.4, -0.2) is 17.0 Å². The van der Waals surface area contributed by atoms with Crippen molar-refractivity contribution in [2.75, 3.05) is 12.1 Å². The molecule has 0 aliphatic heterocycles. The molecule has 0 unspecified atom stereocenters. The molecule has 4 rings (SSSR count). The predicted molar refractivity (Wildman–Crippen MR) is 130 cm³/mol. The van der Waals surface area contributed by atoms with E-state index in [1.54, 1.807) is 5.01 Å². The molecule has 0 spiro atoms. The van der Waals surface area contributed by atoms with E-state index in [1.165, 1.54) is 24.6 Å².